The van der Waals surface area contributed by atoms with Crippen LogP contribution < -0.4 is 11.3 Å². The molecule has 1 unspecified atom stereocenters. The summed E-state index contributed by atoms with van der Waals surface area (Å²) in [5, 5.41) is 0. The lowest BCUT2D eigenvalue weighted by Crippen LogP contribution is -2.25. The molecule has 1 saturated carbocycles. The number of hydrogen-bond donors (Lipinski definition) is 2. The van der Waals surface area contributed by atoms with E-state index in [0.29, 0.717) is 17.7 Å². The number of carbonyl (C=O) groups is 2. The number of para-hydroxylation sites is 1. The molecule has 1 atom stereocenters. The molecule has 102 valence electrons. The van der Waals surface area contributed by atoms with Crippen LogP contribution in [0.4, 0.5) is 5.69 Å². The number of ether oxygens (including phenoxy) is 1. The third-order valence-corrected chi connectivity index (χ3v) is 3.40. The Labute approximate surface area is 112 Å². The first kappa shape index (κ1) is 13.5. The molecule has 5 nitrogen and oxygen atoms in total. The molecule has 0 bridgehead atoms. The molecule has 0 heterocycles. The van der Waals surface area contributed by atoms with Crippen molar-refractivity contribution in [2.75, 3.05) is 12.0 Å². The molecule has 1 aromatic carbocycles. The van der Waals surface area contributed by atoms with Gasteiger partial charge in [0.05, 0.1) is 17.2 Å². The van der Waals surface area contributed by atoms with Crippen molar-refractivity contribution in [3.8, 4) is 0 Å². The Kier molecular flexibility index (Phi) is 4.52. The number of hydrogen-bond acceptors (Lipinski definition) is 5. The number of nitrogens with one attached hydrogen (secondary N) is 1. The highest BCUT2D eigenvalue weighted by molar-refractivity contribution is 5.95. The first-order valence-corrected chi connectivity index (χ1v) is 6.48. The molecule has 0 aliphatic heterocycles. The van der Waals surface area contributed by atoms with Gasteiger partial charge in [-0.3, -0.25) is 10.6 Å². The highest BCUT2D eigenvalue weighted by atomic mass is 16.5. The number of Topliss-reactive ketones (excluding diaryl/α,β-unsaturated/α-hetero) is 1. The van der Waals surface area contributed by atoms with Crippen LogP contribution in [0.5, 0.6) is 0 Å². The summed E-state index contributed by atoms with van der Waals surface area (Å²) in [6.45, 7) is 0.163. The van der Waals surface area contributed by atoms with E-state index in [4.69, 9.17) is 10.6 Å². The highest BCUT2D eigenvalue weighted by Gasteiger charge is 2.24. The van der Waals surface area contributed by atoms with Crippen molar-refractivity contribution in [1.82, 2.24) is 0 Å². The molecule has 0 saturated heterocycles. The Morgan fingerprint density at radius 2 is 2.16 bits per heavy atom. The maximum Gasteiger partial charge on any atom is 0.340 e. The number of hydrazine groups is 1. The lowest BCUT2D eigenvalue weighted by Gasteiger charge is -2.20. The average molecular weight is 262 g/mol. The molecule has 2 rings (SSSR count). The third kappa shape index (κ3) is 3.32. The van der Waals surface area contributed by atoms with E-state index in [1.807, 2.05) is 0 Å². The van der Waals surface area contributed by atoms with Crippen LogP contribution in [0.3, 0.4) is 0 Å². The number of benzene rings is 1. The van der Waals surface area contributed by atoms with Gasteiger partial charge in [-0.05, 0) is 25.0 Å². The van der Waals surface area contributed by atoms with Gasteiger partial charge in [0.15, 0.2) is 0 Å². The summed E-state index contributed by atoms with van der Waals surface area (Å²) >= 11 is 0. The third-order valence-electron chi connectivity index (χ3n) is 3.40. The molecule has 19 heavy (non-hydrogen) atoms. The van der Waals surface area contributed by atoms with Gasteiger partial charge in [-0.25, -0.2) is 4.79 Å². The lowest BCUT2D eigenvalue weighted by atomic mass is 9.89. The van der Waals surface area contributed by atoms with Crippen LogP contribution >= 0.6 is 0 Å². The van der Waals surface area contributed by atoms with Gasteiger partial charge in [0.1, 0.15) is 12.4 Å². The number of carbonyl (C=O) groups excluding carboxylic acids is 2. The molecule has 1 fully saturated rings. The fourth-order valence-corrected chi connectivity index (χ4v) is 2.27. The Bertz CT molecular complexity index is 474. The van der Waals surface area contributed by atoms with Crippen LogP contribution in [0.25, 0.3) is 0 Å². The Morgan fingerprint density at radius 1 is 1.37 bits per heavy atom. The van der Waals surface area contributed by atoms with Crippen LogP contribution in [0, 0.1) is 5.92 Å². The van der Waals surface area contributed by atoms with Crippen molar-refractivity contribution in [3.05, 3.63) is 29.8 Å². The predicted octanol–water partition coefficient (Wildman–Crippen LogP) is 1.89. The number of esters is 1. The molecule has 1 aromatic rings. The van der Waals surface area contributed by atoms with Gasteiger partial charge in [0, 0.05) is 6.42 Å². The van der Waals surface area contributed by atoms with E-state index < -0.39 is 5.97 Å². The molecule has 1 aliphatic rings. The summed E-state index contributed by atoms with van der Waals surface area (Å²) < 4.78 is 5.23. The molecular formula is C14H18N2O3. The maximum atomic E-state index is 11.9. The fraction of sp³-hybridized carbons (Fsp3) is 0.429. The maximum absolute atomic E-state index is 11.9. The number of nitrogens with two attached hydrogens (primary N) is 1. The van der Waals surface area contributed by atoms with Crippen molar-refractivity contribution in [3.63, 3.8) is 0 Å². The zero-order valence-corrected chi connectivity index (χ0v) is 10.7. The first-order valence-electron chi connectivity index (χ1n) is 6.48. The molecule has 0 aromatic heterocycles. The van der Waals surface area contributed by atoms with Gasteiger partial charge in [0.25, 0.3) is 0 Å². The predicted molar refractivity (Wildman–Crippen MR) is 71.5 cm³/mol. The summed E-state index contributed by atoms with van der Waals surface area (Å²) in [6.07, 6.45) is 3.38. The molecule has 0 amide bonds. The van der Waals surface area contributed by atoms with Crippen LogP contribution in [-0.4, -0.2) is 18.4 Å². The fourth-order valence-electron chi connectivity index (χ4n) is 2.27. The van der Waals surface area contributed by atoms with Gasteiger partial charge in [-0.2, -0.15) is 0 Å². The minimum absolute atomic E-state index is 0.143. The average Bonchev–Trinajstić information content (AvgIpc) is 2.46. The summed E-state index contributed by atoms with van der Waals surface area (Å²) in [4.78, 5) is 23.6. The second-order valence-electron chi connectivity index (χ2n) is 4.70. The zero-order chi connectivity index (χ0) is 13.7. The van der Waals surface area contributed by atoms with E-state index in [-0.39, 0.29) is 18.3 Å². The van der Waals surface area contributed by atoms with E-state index in [1.54, 1.807) is 24.3 Å². The second kappa shape index (κ2) is 6.33. The van der Waals surface area contributed by atoms with Crippen LogP contribution in [0.15, 0.2) is 24.3 Å². The normalized spacial score (nSPS) is 19.0. The molecule has 0 radical (unpaired) electrons. The van der Waals surface area contributed by atoms with Crippen molar-refractivity contribution in [2.24, 2.45) is 11.8 Å². The van der Waals surface area contributed by atoms with Crippen molar-refractivity contribution >= 4 is 17.4 Å². The topological polar surface area (TPSA) is 81.4 Å². The number of ketones is 1. The number of rotatable bonds is 4. The molecular weight excluding hydrogens is 244 g/mol. The van der Waals surface area contributed by atoms with Crippen LogP contribution in [0.1, 0.15) is 36.0 Å². The van der Waals surface area contributed by atoms with Crippen molar-refractivity contribution < 1.29 is 14.3 Å². The van der Waals surface area contributed by atoms with E-state index >= 15 is 0 Å². The van der Waals surface area contributed by atoms with Gasteiger partial charge in [-0.15, -0.1) is 0 Å². The SMILES string of the molecule is NNc1ccccc1C(=O)OCC1CCCCC1=O. The van der Waals surface area contributed by atoms with Crippen molar-refractivity contribution in [2.45, 2.75) is 25.7 Å². The van der Waals surface area contributed by atoms with Gasteiger partial charge in [-0.1, -0.05) is 18.6 Å². The highest BCUT2D eigenvalue weighted by Crippen LogP contribution is 2.22. The Morgan fingerprint density at radius 3 is 2.89 bits per heavy atom. The van der Waals surface area contributed by atoms with E-state index in [2.05, 4.69) is 5.43 Å². The summed E-state index contributed by atoms with van der Waals surface area (Å²) in [5.74, 6) is 4.94. The monoisotopic (exact) mass is 262 g/mol. The van der Waals surface area contributed by atoms with Gasteiger partial charge >= 0.3 is 5.97 Å². The van der Waals surface area contributed by atoms with E-state index in [0.717, 1.165) is 19.3 Å². The minimum Gasteiger partial charge on any atom is -0.461 e. The number of anilines is 1. The minimum atomic E-state index is -0.452. The first-order chi connectivity index (χ1) is 9.22. The molecule has 5 heteroatoms. The largest absolute Gasteiger partial charge is 0.461 e. The van der Waals surface area contributed by atoms with E-state index in [1.165, 1.54) is 0 Å². The zero-order valence-electron chi connectivity index (χ0n) is 10.7. The van der Waals surface area contributed by atoms with E-state index in [9.17, 15) is 9.59 Å². The van der Waals surface area contributed by atoms with Gasteiger partial charge in [0.2, 0.25) is 0 Å². The molecule has 0 spiro atoms. The summed E-state index contributed by atoms with van der Waals surface area (Å²) in [6, 6.07) is 6.85. The van der Waals surface area contributed by atoms with Crippen LogP contribution in [-0.2, 0) is 9.53 Å². The lowest BCUT2D eigenvalue weighted by molar-refractivity contribution is -0.125. The standard InChI is InChI=1S/C14H18N2O3/c15-16-12-7-3-2-6-11(12)14(18)19-9-10-5-1-4-8-13(10)17/h2-3,6-7,10,16H,1,4-5,8-9,15H2. The number of nitrogen functional groups attached to an aromatic ring is 1. The second-order valence-corrected chi connectivity index (χ2v) is 4.70. The molecule has 1 aliphatic carbocycles. The summed E-state index contributed by atoms with van der Waals surface area (Å²) in [7, 11) is 0. The van der Waals surface area contributed by atoms with Crippen LogP contribution in [0.2, 0.25) is 0 Å². The van der Waals surface area contributed by atoms with Gasteiger partial charge < -0.3 is 10.2 Å². The molecule has 3 N–H and O–H groups in total. The quantitative estimate of drug-likeness (QED) is 0.492. The Hall–Kier alpha value is -1.88. The summed E-state index contributed by atoms with van der Waals surface area (Å²) in [5.41, 5.74) is 3.35. The smallest absolute Gasteiger partial charge is 0.340 e. The Balaban J connectivity index is 1.95. The van der Waals surface area contributed by atoms with Crippen molar-refractivity contribution in [1.29, 1.82) is 0 Å².